The summed E-state index contributed by atoms with van der Waals surface area (Å²) in [6, 6.07) is 19.2. The molecule has 26 heavy (non-hydrogen) atoms. The molecule has 132 valence electrons. The molecule has 0 saturated heterocycles. The number of carbonyl (C=O) groups is 1. The maximum Gasteiger partial charge on any atom is 0.229 e. The summed E-state index contributed by atoms with van der Waals surface area (Å²) in [4.78, 5) is 16.4. The fraction of sp³-hybridized carbons (Fsp3) is 0.143. The standard InChI is InChI=1S/C21H21N3O2/c1-15-3-7-17(8-4-15)23-18-9-12-20(22-14-18)24-21(25)13-16-5-10-19(26-2)11-6-16/h3-12,14,23H,13H2,1-2H3,(H,22,24,25). The van der Waals surface area contributed by atoms with E-state index in [1.807, 2.05) is 54.6 Å². The number of hydrogen-bond acceptors (Lipinski definition) is 4. The number of amides is 1. The van der Waals surface area contributed by atoms with Crippen molar-refractivity contribution in [3.8, 4) is 5.75 Å². The average molecular weight is 347 g/mol. The molecule has 0 aliphatic carbocycles. The van der Waals surface area contributed by atoms with E-state index in [4.69, 9.17) is 4.74 Å². The Morgan fingerprint density at radius 3 is 2.27 bits per heavy atom. The lowest BCUT2D eigenvalue weighted by molar-refractivity contribution is -0.115. The van der Waals surface area contributed by atoms with Crippen LogP contribution in [0.5, 0.6) is 5.75 Å². The van der Waals surface area contributed by atoms with Gasteiger partial charge in [-0.1, -0.05) is 29.8 Å². The number of ether oxygens (including phenoxy) is 1. The lowest BCUT2D eigenvalue weighted by Gasteiger charge is -2.08. The van der Waals surface area contributed by atoms with Crippen molar-refractivity contribution in [2.45, 2.75) is 13.3 Å². The molecule has 0 spiro atoms. The number of nitrogens with zero attached hydrogens (tertiary/aromatic N) is 1. The lowest BCUT2D eigenvalue weighted by atomic mass is 10.1. The molecule has 0 saturated carbocycles. The first-order valence-electron chi connectivity index (χ1n) is 8.35. The highest BCUT2D eigenvalue weighted by atomic mass is 16.5. The Morgan fingerprint density at radius 1 is 0.962 bits per heavy atom. The van der Waals surface area contributed by atoms with Crippen molar-refractivity contribution in [3.05, 3.63) is 78.0 Å². The molecule has 0 unspecified atom stereocenters. The van der Waals surface area contributed by atoms with Crippen LogP contribution < -0.4 is 15.4 Å². The molecule has 0 bridgehead atoms. The van der Waals surface area contributed by atoms with Crippen LogP contribution in [0.15, 0.2) is 66.9 Å². The van der Waals surface area contributed by atoms with Crippen LogP contribution >= 0.6 is 0 Å². The summed E-state index contributed by atoms with van der Waals surface area (Å²) < 4.78 is 5.11. The molecule has 0 aliphatic rings. The molecule has 1 aromatic heterocycles. The Hall–Kier alpha value is -3.34. The van der Waals surface area contributed by atoms with Crippen molar-refractivity contribution in [3.63, 3.8) is 0 Å². The van der Waals surface area contributed by atoms with Gasteiger partial charge in [-0.25, -0.2) is 4.98 Å². The van der Waals surface area contributed by atoms with Crippen LogP contribution in [0.3, 0.4) is 0 Å². The van der Waals surface area contributed by atoms with Gasteiger partial charge in [-0.15, -0.1) is 0 Å². The van der Waals surface area contributed by atoms with Crippen LogP contribution in [0, 0.1) is 6.92 Å². The van der Waals surface area contributed by atoms with E-state index < -0.39 is 0 Å². The Labute approximate surface area is 153 Å². The van der Waals surface area contributed by atoms with Gasteiger partial charge in [0.1, 0.15) is 11.6 Å². The van der Waals surface area contributed by atoms with Crippen LogP contribution in [0.2, 0.25) is 0 Å². The molecular formula is C21H21N3O2. The van der Waals surface area contributed by atoms with Crippen LogP contribution in [0.25, 0.3) is 0 Å². The van der Waals surface area contributed by atoms with Gasteiger partial charge in [0.25, 0.3) is 0 Å². The van der Waals surface area contributed by atoms with Gasteiger partial charge in [0.05, 0.1) is 25.4 Å². The third kappa shape index (κ3) is 4.83. The number of hydrogen-bond donors (Lipinski definition) is 2. The van der Waals surface area contributed by atoms with Crippen LogP contribution in [-0.2, 0) is 11.2 Å². The number of carbonyl (C=O) groups excluding carboxylic acids is 1. The molecule has 2 N–H and O–H groups in total. The van der Waals surface area contributed by atoms with Gasteiger partial charge in [0, 0.05) is 5.69 Å². The van der Waals surface area contributed by atoms with Gasteiger partial charge >= 0.3 is 0 Å². The van der Waals surface area contributed by atoms with E-state index in [9.17, 15) is 4.79 Å². The summed E-state index contributed by atoms with van der Waals surface area (Å²) in [5.41, 5.74) is 3.99. The van der Waals surface area contributed by atoms with E-state index in [-0.39, 0.29) is 12.3 Å². The second-order valence-corrected chi connectivity index (χ2v) is 6.00. The molecular weight excluding hydrogens is 326 g/mol. The average Bonchev–Trinajstić information content (AvgIpc) is 2.66. The fourth-order valence-corrected chi connectivity index (χ4v) is 2.46. The van der Waals surface area contributed by atoms with Crippen LogP contribution in [0.4, 0.5) is 17.2 Å². The largest absolute Gasteiger partial charge is 0.497 e. The number of aromatic nitrogens is 1. The fourth-order valence-electron chi connectivity index (χ4n) is 2.46. The Kier molecular flexibility index (Phi) is 5.49. The number of methoxy groups -OCH3 is 1. The predicted octanol–water partition coefficient (Wildman–Crippen LogP) is 4.32. The molecule has 1 heterocycles. The van der Waals surface area contributed by atoms with Gasteiger partial charge in [0.15, 0.2) is 0 Å². The first kappa shape index (κ1) is 17.5. The minimum atomic E-state index is -0.109. The SMILES string of the molecule is COc1ccc(CC(=O)Nc2ccc(Nc3ccc(C)cc3)cn2)cc1. The molecule has 5 nitrogen and oxygen atoms in total. The number of aryl methyl sites for hydroxylation is 1. The molecule has 2 aromatic carbocycles. The smallest absolute Gasteiger partial charge is 0.229 e. The number of anilines is 3. The van der Waals surface area contributed by atoms with Crippen molar-refractivity contribution >= 4 is 23.1 Å². The highest BCUT2D eigenvalue weighted by Crippen LogP contribution is 2.18. The summed E-state index contributed by atoms with van der Waals surface area (Å²) in [6.45, 7) is 2.05. The Balaban J connectivity index is 1.56. The van der Waals surface area contributed by atoms with Gasteiger partial charge in [-0.3, -0.25) is 4.79 Å². The molecule has 0 fully saturated rings. The number of rotatable bonds is 6. The molecule has 3 aromatic rings. The summed E-state index contributed by atoms with van der Waals surface area (Å²) in [5, 5.41) is 6.08. The van der Waals surface area contributed by atoms with E-state index in [1.165, 1.54) is 5.56 Å². The van der Waals surface area contributed by atoms with Crippen molar-refractivity contribution in [2.24, 2.45) is 0 Å². The Morgan fingerprint density at radius 2 is 1.65 bits per heavy atom. The second kappa shape index (κ2) is 8.16. The quantitative estimate of drug-likeness (QED) is 0.697. The molecule has 0 aliphatic heterocycles. The summed E-state index contributed by atoms with van der Waals surface area (Å²) in [7, 11) is 1.62. The maximum atomic E-state index is 12.1. The first-order chi connectivity index (χ1) is 12.6. The lowest BCUT2D eigenvalue weighted by Crippen LogP contribution is -2.15. The number of nitrogens with one attached hydrogen (secondary N) is 2. The second-order valence-electron chi connectivity index (χ2n) is 6.00. The predicted molar refractivity (Wildman–Crippen MR) is 104 cm³/mol. The van der Waals surface area contributed by atoms with E-state index in [0.29, 0.717) is 5.82 Å². The van der Waals surface area contributed by atoms with Crippen LogP contribution in [0.1, 0.15) is 11.1 Å². The zero-order valence-corrected chi connectivity index (χ0v) is 14.8. The summed E-state index contributed by atoms with van der Waals surface area (Å²) >= 11 is 0. The van der Waals surface area contributed by atoms with Gasteiger partial charge in [-0.2, -0.15) is 0 Å². The van der Waals surface area contributed by atoms with E-state index in [0.717, 1.165) is 22.7 Å². The highest BCUT2D eigenvalue weighted by Gasteiger charge is 2.05. The minimum absolute atomic E-state index is 0.109. The monoisotopic (exact) mass is 347 g/mol. The van der Waals surface area contributed by atoms with Gasteiger partial charge < -0.3 is 15.4 Å². The van der Waals surface area contributed by atoms with Crippen molar-refractivity contribution in [1.29, 1.82) is 0 Å². The first-order valence-corrected chi connectivity index (χ1v) is 8.35. The third-order valence-electron chi connectivity index (χ3n) is 3.89. The van der Waals surface area contributed by atoms with E-state index >= 15 is 0 Å². The van der Waals surface area contributed by atoms with Gasteiger partial charge in [0.2, 0.25) is 5.91 Å². The third-order valence-corrected chi connectivity index (χ3v) is 3.89. The van der Waals surface area contributed by atoms with E-state index in [1.54, 1.807) is 19.4 Å². The normalized spacial score (nSPS) is 10.2. The molecule has 3 rings (SSSR count). The highest BCUT2D eigenvalue weighted by molar-refractivity contribution is 5.91. The van der Waals surface area contributed by atoms with Crippen LogP contribution in [-0.4, -0.2) is 18.0 Å². The molecule has 0 radical (unpaired) electrons. The maximum absolute atomic E-state index is 12.1. The van der Waals surface area contributed by atoms with Crippen molar-refractivity contribution in [1.82, 2.24) is 4.98 Å². The minimum Gasteiger partial charge on any atom is -0.497 e. The molecule has 1 amide bonds. The van der Waals surface area contributed by atoms with Gasteiger partial charge in [-0.05, 0) is 48.9 Å². The topological polar surface area (TPSA) is 63.2 Å². The van der Waals surface area contributed by atoms with Crippen molar-refractivity contribution in [2.75, 3.05) is 17.7 Å². The zero-order valence-electron chi connectivity index (χ0n) is 14.8. The summed E-state index contributed by atoms with van der Waals surface area (Å²) in [5.74, 6) is 1.19. The summed E-state index contributed by atoms with van der Waals surface area (Å²) in [6.07, 6.45) is 1.98. The Bertz CT molecular complexity index is 857. The number of benzene rings is 2. The zero-order chi connectivity index (χ0) is 18.4. The number of pyridine rings is 1. The van der Waals surface area contributed by atoms with E-state index in [2.05, 4.69) is 22.5 Å². The molecule has 5 heteroatoms. The van der Waals surface area contributed by atoms with Crippen molar-refractivity contribution < 1.29 is 9.53 Å². The molecule has 0 atom stereocenters.